The van der Waals surface area contributed by atoms with E-state index in [1.165, 1.54) is 0 Å². The molecule has 0 radical (unpaired) electrons. The lowest BCUT2D eigenvalue weighted by atomic mass is 10.1. The first-order valence-corrected chi connectivity index (χ1v) is 9.74. The second-order valence-electron chi connectivity index (χ2n) is 7.06. The Bertz CT molecular complexity index is 1020. The molecular formula is C20H19F3N4O3S. The largest absolute Gasteiger partial charge is 0.416 e. The summed E-state index contributed by atoms with van der Waals surface area (Å²) in [6.45, 7) is 3.17. The van der Waals surface area contributed by atoms with Gasteiger partial charge in [-0.25, -0.2) is 0 Å². The average molecular weight is 452 g/mol. The van der Waals surface area contributed by atoms with E-state index in [0.29, 0.717) is 37.8 Å². The number of nitro benzene ring substituents is 1. The molecule has 3 rings (SSSR count). The second kappa shape index (κ2) is 8.88. The van der Waals surface area contributed by atoms with Crippen LogP contribution in [-0.2, 0) is 6.18 Å². The van der Waals surface area contributed by atoms with E-state index in [4.69, 9.17) is 12.2 Å². The number of anilines is 1. The summed E-state index contributed by atoms with van der Waals surface area (Å²) < 4.78 is 38.7. The van der Waals surface area contributed by atoms with Gasteiger partial charge in [0.2, 0.25) is 0 Å². The number of nitrogens with zero attached hydrogens (tertiary/aromatic N) is 3. The first kappa shape index (κ1) is 22.5. The highest BCUT2D eigenvalue weighted by atomic mass is 32.1. The molecule has 164 valence electrons. The van der Waals surface area contributed by atoms with Crippen LogP contribution < -0.4 is 10.2 Å². The van der Waals surface area contributed by atoms with E-state index in [0.717, 1.165) is 17.7 Å². The Balaban J connectivity index is 1.66. The molecule has 1 saturated heterocycles. The number of carbonyl (C=O) groups excluding carboxylic acids is 1. The molecule has 0 unspecified atom stereocenters. The fourth-order valence-corrected chi connectivity index (χ4v) is 3.57. The van der Waals surface area contributed by atoms with Crippen molar-refractivity contribution in [3.8, 4) is 0 Å². The van der Waals surface area contributed by atoms with E-state index in [-0.39, 0.29) is 16.7 Å². The number of piperazine rings is 1. The maximum atomic E-state index is 12.9. The quantitative estimate of drug-likeness (QED) is 0.434. The van der Waals surface area contributed by atoms with Gasteiger partial charge in [0, 0.05) is 37.8 Å². The van der Waals surface area contributed by atoms with Crippen LogP contribution in [0.5, 0.6) is 0 Å². The zero-order valence-electron chi connectivity index (χ0n) is 16.5. The summed E-state index contributed by atoms with van der Waals surface area (Å²) in [7, 11) is 0. The van der Waals surface area contributed by atoms with E-state index < -0.39 is 22.4 Å². The highest BCUT2D eigenvalue weighted by molar-refractivity contribution is 7.80. The zero-order chi connectivity index (χ0) is 22.8. The van der Waals surface area contributed by atoms with E-state index >= 15 is 0 Å². The molecule has 2 aromatic carbocycles. The Morgan fingerprint density at radius 3 is 2.39 bits per heavy atom. The third kappa shape index (κ3) is 5.29. The van der Waals surface area contributed by atoms with Crippen LogP contribution in [0.4, 0.5) is 24.5 Å². The molecule has 0 aromatic heterocycles. The molecular weight excluding hydrogens is 433 g/mol. The Labute approximate surface area is 181 Å². The summed E-state index contributed by atoms with van der Waals surface area (Å²) in [4.78, 5) is 26.3. The average Bonchev–Trinajstić information content (AvgIpc) is 2.72. The van der Waals surface area contributed by atoms with E-state index in [9.17, 15) is 28.1 Å². The lowest BCUT2D eigenvalue weighted by Crippen LogP contribution is -2.52. The normalized spacial score (nSPS) is 14.3. The number of halogens is 3. The number of rotatable bonds is 3. The van der Waals surface area contributed by atoms with Crippen molar-refractivity contribution in [2.45, 2.75) is 13.1 Å². The minimum Gasteiger partial charge on any atom is -0.362 e. The van der Waals surface area contributed by atoms with Crippen LogP contribution in [0.15, 0.2) is 42.5 Å². The third-order valence-electron chi connectivity index (χ3n) is 4.91. The van der Waals surface area contributed by atoms with Crippen molar-refractivity contribution in [1.29, 1.82) is 0 Å². The van der Waals surface area contributed by atoms with Crippen LogP contribution in [0.3, 0.4) is 0 Å². The van der Waals surface area contributed by atoms with Gasteiger partial charge >= 0.3 is 6.18 Å². The van der Waals surface area contributed by atoms with Crippen LogP contribution in [0, 0.1) is 17.0 Å². The molecule has 1 fully saturated rings. The molecule has 1 aliphatic rings. The molecule has 0 atom stereocenters. The van der Waals surface area contributed by atoms with Crippen molar-refractivity contribution < 1.29 is 22.9 Å². The number of hydrogen-bond donors (Lipinski definition) is 1. The molecule has 0 aliphatic carbocycles. The summed E-state index contributed by atoms with van der Waals surface area (Å²) >= 11 is 5.31. The summed E-state index contributed by atoms with van der Waals surface area (Å²) in [6, 6.07) is 9.55. The number of amides is 1. The van der Waals surface area contributed by atoms with Gasteiger partial charge in [-0.05, 0) is 43.4 Å². The van der Waals surface area contributed by atoms with Crippen LogP contribution in [-0.4, -0.2) is 47.0 Å². The number of benzene rings is 2. The first-order chi connectivity index (χ1) is 14.6. The molecule has 0 saturated carbocycles. The van der Waals surface area contributed by atoms with Crippen LogP contribution in [0.1, 0.15) is 21.5 Å². The van der Waals surface area contributed by atoms with Crippen molar-refractivity contribution in [1.82, 2.24) is 10.2 Å². The lowest BCUT2D eigenvalue weighted by molar-refractivity contribution is -0.384. The van der Waals surface area contributed by atoms with Gasteiger partial charge < -0.3 is 9.80 Å². The number of alkyl halides is 3. The van der Waals surface area contributed by atoms with Gasteiger partial charge in [0.1, 0.15) is 5.69 Å². The molecule has 0 spiro atoms. The van der Waals surface area contributed by atoms with Crippen molar-refractivity contribution in [3.05, 3.63) is 69.3 Å². The fourth-order valence-electron chi connectivity index (χ4n) is 3.30. The molecule has 2 aromatic rings. The van der Waals surface area contributed by atoms with Crippen LogP contribution >= 0.6 is 12.2 Å². The summed E-state index contributed by atoms with van der Waals surface area (Å²) in [5.74, 6) is -0.338. The standard InChI is InChI=1S/C20H19F3N4O3S/c1-13-3-2-4-14(11-13)18(28)24-19(31)26-9-7-25(8-10-26)16-6-5-15(20(21,22)23)12-17(16)27(29)30/h2-6,11-12H,7-10H2,1H3,(H,24,28,31). The lowest BCUT2D eigenvalue weighted by Gasteiger charge is -2.37. The SMILES string of the molecule is Cc1cccc(C(=O)NC(=S)N2CCN(c3ccc(C(F)(F)F)cc3[N+](=O)[O-])CC2)c1. The maximum absolute atomic E-state index is 12.9. The molecule has 1 aliphatic heterocycles. The van der Waals surface area contributed by atoms with E-state index in [1.807, 2.05) is 13.0 Å². The summed E-state index contributed by atoms with van der Waals surface area (Å²) in [5.41, 5.74) is -0.140. The number of nitro groups is 1. The minimum atomic E-state index is -4.66. The minimum absolute atomic E-state index is 0.118. The molecule has 11 heteroatoms. The van der Waals surface area contributed by atoms with Gasteiger partial charge in [-0.3, -0.25) is 20.2 Å². The smallest absolute Gasteiger partial charge is 0.362 e. The number of aryl methyl sites for hydroxylation is 1. The second-order valence-corrected chi connectivity index (χ2v) is 7.45. The molecule has 7 nitrogen and oxygen atoms in total. The molecule has 1 N–H and O–H groups in total. The molecule has 31 heavy (non-hydrogen) atoms. The topological polar surface area (TPSA) is 78.7 Å². The Hall–Kier alpha value is -3.21. The van der Waals surface area contributed by atoms with Crippen molar-refractivity contribution in [2.24, 2.45) is 0 Å². The maximum Gasteiger partial charge on any atom is 0.416 e. The zero-order valence-corrected chi connectivity index (χ0v) is 17.3. The summed E-state index contributed by atoms with van der Waals surface area (Å²) in [6.07, 6.45) is -4.66. The molecule has 1 amide bonds. The number of nitrogens with one attached hydrogen (secondary N) is 1. The van der Waals surface area contributed by atoms with Gasteiger partial charge in [-0.1, -0.05) is 17.7 Å². The van der Waals surface area contributed by atoms with E-state index in [1.54, 1.807) is 28.0 Å². The van der Waals surface area contributed by atoms with Gasteiger partial charge in [0.05, 0.1) is 10.5 Å². The molecule has 1 heterocycles. The molecule has 0 bridgehead atoms. The van der Waals surface area contributed by atoms with Gasteiger partial charge in [-0.2, -0.15) is 13.2 Å². The van der Waals surface area contributed by atoms with Crippen molar-refractivity contribution in [2.75, 3.05) is 31.1 Å². The summed E-state index contributed by atoms with van der Waals surface area (Å²) in [5, 5.41) is 14.2. The van der Waals surface area contributed by atoms with Crippen LogP contribution in [0.25, 0.3) is 0 Å². The Kier molecular flexibility index (Phi) is 6.44. The Morgan fingerprint density at radius 2 is 1.81 bits per heavy atom. The van der Waals surface area contributed by atoms with Crippen LogP contribution in [0.2, 0.25) is 0 Å². The highest BCUT2D eigenvalue weighted by Gasteiger charge is 2.34. The predicted molar refractivity (Wildman–Crippen MR) is 113 cm³/mol. The van der Waals surface area contributed by atoms with Gasteiger partial charge in [0.25, 0.3) is 11.6 Å². The van der Waals surface area contributed by atoms with Gasteiger partial charge in [0.15, 0.2) is 5.11 Å². The van der Waals surface area contributed by atoms with Crippen molar-refractivity contribution in [3.63, 3.8) is 0 Å². The van der Waals surface area contributed by atoms with Crippen molar-refractivity contribution >= 4 is 34.6 Å². The monoisotopic (exact) mass is 452 g/mol. The highest BCUT2D eigenvalue weighted by Crippen LogP contribution is 2.36. The third-order valence-corrected chi connectivity index (χ3v) is 5.27. The van der Waals surface area contributed by atoms with Gasteiger partial charge in [-0.15, -0.1) is 0 Å². The number of thiocarbonyl (C=S) groups is 1. The predicted octanol–water partition coefficient (Wildman–Crippen LogP) is 3.76. The fraction of sp³-hybridized carbons (Fsp3) is 0.300. The Morgan fingerprint density at radius 1 is 1.13 bits per heavy atom. The number of hydrogen-bond acceptors (Lipinski definition) is 5. The van der Waals surface area contributed by atoms with E-state index in [2.05, 4.69) is 5.32 Å². The number of carbonyl (C=O) groups is 1. The first-order valence-electron chi connectivity index (χ1n) is 9.34.